The van der Waals surface area contributed by atoms with E-state index in [1.807, 2.05) is 53.2 Å². The topological polar surface area (TPSA) is 38.0 Å². The number of rotatable bonds is 3. The van der Waals surface area contributed by atoms with Gasteiger partial charge in [-0.3, -0.25) is 0 Å². The van der Waals surface area contributed by atoms with Crippen molar-refractivity contribution >= 4 is 0 Å². The van der Waals surface area contributed by atoms with Gasteiger partial charge in [0.15, 0.2) is 0 Å². The van der Waals surface area contributed by atoms with Gasteiger partial charge < -0.3 is 5.11 Å². The summed E-state index contributed by atoms with van der Waals surface area (Å²) in [5.41, 5.74) is 2.79. The van der Waals surface area contributed by atoms with Crippen LogP contribution in [-0.4, -0.2) is 14.9 Å². The molecule has 1 N–H and O–H groups in total. The van der Waals surface area contributed by atoms with Crippen LogP contribution >= 0.6 is 0 Å². The van der Waals surface area contributed by atoms with Gasteiger partial charge in [-0.2, -0.15) is 5.10 Å². The van der Waals surface area contributed by atoms with Gasteiger partial charge in [-0.1, -0.05) is 42.5 Å². The van der Waals surface area contributed by atoms with Crippen LogP contribution in [0.15, 0.2) is 60.7 Å². The highest BCUT2D eigenvalue weighted by molar-refractivity contribution is 5.39. The molecule has 1 aromatic heterocycles. The molecule has 90 valence electrons. The summed E-state index contributed by atoms with van der Waals surface area (Å²) in [7, 11) is 0. The van der Waals surface area contributed by atoms with Crippen molar-refractivity contribution in [1.29, 1.82) is 0 Å². The fourth-order valence-electron chi connectivity index (χ4n) is 2.17. The normalized spacial score (nSPS) is 14.5. The molecule has 0 fully saturated rings. The minimum Gasteiger partial charge on any atom is -0.390 e. The van der Waals surface area contributed by atoms with Gasteiger partial charge in [0, 0.05) is 5.92 Å². The molecule has 0 amide bonds. The van der Waals surface area contributed by atoms with Gasteiger partial charge in [-0.25, -0.2) is 4.68 Å². The molecule has 0 atom stereocenters. The second kappa shape index (κ2) is 4.63. The number of benzene rings is 1. The Morgan fingerprint density at radius 1 is 1.11 bits per heavy atom. The Balaban J connectivity index is 2.10. The van der Waals surface area contributed by atoms with Crippen LogP contribution in [0.25, 0.3) is 5.69 Å². The van der Waals surface area contributed by atoms with Gasteiger partial charge in [-0.05, 0) is 18.2 Å². The summed E-state index contributed by atoms with van der Waals surface area (Å²) in [5, 5.41) is 13.7. The Labute approximate surface area is 106 Å². The number of hydrogen-bond donors (Lipinski definition) is 1. The Morgan fingerprint density at radius 3 is 2.50 bits per heavy atom. The molecule has 0 saturated carbocycles. The summed E-state index contributed by atoms with van der Waals surface area (Å²) in [6, 6.07) is 11.9. The average Bonchev–Trinajstić information content (AvgIpc) is 3.08. The van der Waals surface area contributed by atoms with E-state index in [0.717, 1.165) is 11.4 Å². The first-order valence-electron chi connectivity index (χ1n) is 5.98. The lowest BCUT2D eigenvalue weighted by atomic mass is 10.1. The van der Waals surface area contributed by atoms with Gasteiger partial charge in [-0.15, -0.1) is 0 Å². The highest BCUT2D eigenvalue weighted by Crippen LogP contribution is 2.26. The Kier molecular flexibility index (Phi) is 2.82. The first-order valence-corrected chi connectivity index (χ1v) is 5.98. The Morgan fingerprint density at radius 2 is 1.83 bits per heavy atom. The zero-order valence-corrected chi connectivity index (χ0v) is 9.90. The maximum absolute atomic E-state index is 9.25. The van der Waals surface area contributed by atoms with Crippen molar-refractivity contribution in [2.24, 2.45) is 0 Å². The molecule has 0 unspecified atom stereocenters. The molecule has 1 aliphatic carbocycles. The van der Waals surface area contributed by atoms with Gasteiger partial charge in [0.2, 0.25) is 0 Å². The highest BCUT2D eigenvalue weighted by atomic mass is 16.3. The first-order chi connectivity index (χ1) is 8.88. The summed E-state index contributed by atoms with van der Waals surface area (Å²) >= 11 is 0. The van der Waals surface area contributed by atoms with E-state index in [1.165, 1.54) is 0 Å². The summed E-state index contributed by atoms with van der Waals surface area (Å²) in [4.78, 5) is 0. The van der Waals surface area contributed by atoms with E-state index in [0.29, 0.717) is 5.69 Å². The van der Waals surface area contributed by atoms with E-state index in [4.69, 9.17) is 0 Å². The number of para-hydroxylation sites is 1. The molecule has 3 heteroatoms. The van der Waals surface area contributed by atoms with Crippen molar-refractivity contribution in [3.63, 3.8) is 0 Å². The Bertz CT molecular complexity index is 584. The molecule has 18 heavy (non-hydrogen) atoms. The number of nitrogens with zero attached hydrogens (tertiary/aromatic N) is 2. The lowest BCUT2D eigenvalue weighted by Gasteiger charge is -2.10. The van der Waals surface area contributed by atoms with Crippen LogP contribution < -0.4 is 0 Å². The maximum atomic E-state index is 9.25. The molecule has 0 aliphatic heterocycles. The summed E-state index contributed by atoms with van der Waals surface area (Å²) in [6.45, 7) is -0.0347. The lowest BCUT2D eigenvalue weighted by Crippen LogP contribution is -2.04. The summed E-state index contributed by atoms with van der Waals surface area (Å²) in [6.07, 6.45) is 8.31. The third-order valence-electron chi connectivity index (χ3n) is 3.04. The van der Waals surface area contributed by atoms with Crippen molar-refractivity contribution in [2.45, 2.75) is 12.5 Å². The monoisotopic (exact) mass is 238 g/mol. The van der Waals surface area contributed by atoms with E-state index in [-0.39, 0.29) is 12.5 Å². The van der Waals surface area contributed by atoms with Gasteiger partial charge in [0.25, 0.3) is 0 Å². The zero-order valence-electron chi connectivity index (χ0n) is 9.90. The van der Waals surface area contributed by atoms with Crippen LogP contribution in [0.4, 0.5) is 0 Å². The molecule has 0 radical (unpaired) electrons. The predicted octanol–water partition coefficient (Wildman–Crippen LogP) is 2.57. The molecule has 3 nitrogen and oxygen atoms in total. The second-order valence-electron chi connectivity index (χ2n) is 4.26. The molecule has 0 bridgehead atoms. The second-order valence-corrected chi connectivity index (χ2v) is 4.26. The summed E-state index contributed by atoms with van der Waals surface area (Å²) < 4.78 is 1.90. The van der Waals surface area contributed by atoms with Crippen LogP contribution in [0.3, 0.4) is 0 Å². The minimum atomic E-state index is -0.0347. The van der Waals surface area contributed by atoms with Gasteiger partial charge in [0.05, 0.1) is 23.7 Å². The predicted molar refractivity (Wildman–Crippen MR) is 70.5 cm³/mol. The van der Waals surface area contributed by atoms with Crippen LogP contribution in [0.5, 0.6) is 0 Å². The standard InChI is InChI=1S/C15H14N2O/c18-11-13-10-15(12-6-4-5-7-12)17(16-13)14-8-2-1-3-9-14/h1-10,12,18H,11H2. The lowest BCUT2D eigenvalue weighted by molar-refractivity contribution is 0.276. The van der Waals surface area contributed by atoms with Crippen molar-refractivity contribution < 1.29 is 5.11 Å². The quantitative estimate of drug-likeness (QED) is 0.892. The van der Waals surface area contributed by atoms with E-state index >= 15 is 0 Å². The van der Waals surface area contributed by atoms with E-state index in [1.54, 1.807) is 0 Å². The van der Waals surface area contributed by atoms with Crippen LogP contribution in [0.1, 0.15) is 17.3 Å². The Hall–Kier alpha value is -2.13. The number of hydrogen-bond acceptors (Lipinski definition) is 2. The van der Waals surface area contributed by atoms with Crippen LogP contribution in [0.2, 0.25) is 0 Å². The third-order valence-corrected chi connectivity index (χ3v) is 3.04. The van der Waals surface area contributed by atoms with Crippen molar-refractivity contribution in [3.05, 3.63) is 72.1 Å². The molecule has 1 heterocycles. The SMILES string of the molecule is OCc1cc(C2C=CC=C2)n(-c2ccccc2)n1. The maximum Gasteiger partial charge on any atom is 0.0886 e. The van der Waals surface area contributed by atoms with Crippen LogP contribution in [0, 0.1) is 0 Å². The molecule has 0 spiro atoms. The minimum absolute atomic E-state index is 0.0347. The number of aromatic nitrogens is 2. The largest absolute Gasteiger partial charge is 0.390 e. The molecule has 1 aromatic carbocycles. The fourth-order valence-corrected chi connectivity index (χ4v) is 2.17. The molecular weight excluding hydrogens is 224 g/mol. The fraction of sp³-hybridized carbons (Fsp3) is 0.133. The number of allylic oxidation sites excluding steroid dienone is 4. The first kappa shape index (κ1) is 11.0. The highest BCUT2D eigenvalue weighted by Gasteiger charge is 2.16. The van der Waals surface area contributed by atoms with Crippen molar-refractivity contribution in [3.8, 4) is 5.69 Å². The summed E-state index contributed by atoms with van der Waals surface area (Å²) in [5.74, 6) is 0.234. The van der Waals surface area contributed by atoms with E-state index < -0.39 is 0 Å². The zero-order chi connectivity index (χ0) is 12.4. The molecular formula is C15H14N2O. The molecule has 2 aromatic rings. The average molecular weight is 238 g/mol. The number of aliphatic hydroxyl groups excluding tert-OH is 1. The molecule has 0 saturated heterocycles. The van der Waals surface area contributed by atoms with E-state index in [2.05, 4.69) is 17.3 Å². The molecule has 3 rings (SSSR count). The number of aliphatic hydroxyl groups is 1. The smallest absolute Gasteiger partial charge is 0.0886 e. The van der Waals surface area contributed by atoms with E-state index in [9.17, 15) is 5.11 Å². The van der Waals surface area contributed by atoms with Crippen LogP contribution in [-0.2, 0) is 6.61 Å². The van der Waals surface area contributed by atoms with Gasteiger partial charge >= 0.3 is 0 Å². The molecule has 1 aliphatic rings. The van der Waals surface area contributed by atoms with Crippen molar-refractivity contribution in [2.75, 3.05) is 0 Å². The van der Waals surface area contributed by atoms with Gasteiger partial charge in [0.1, 0.15) is 0 Å². The third kappa shape index (κ3) is 1.89. The van der Waals surface area contributed by atoms with Crippen molar-refractivity contribution in [1.82, 2.24) is 9.78 Å².